The number of carboxylic acid groups (broad SMARTS) is 1. The van der Waals surface area contributed by atoms with Gasteiger partial charge in [-0.25, -0.2) is 4.98 Å². The molecule has 2 N–H and O–H groups in total. The maximum absolute atomic E-state index is 13.4. The van der Waals surface area contributed by atoms with Crippen molar-refractivity contribution in [2.75, 3.05) is 13.1 Å². The number of hydrogen-bond donors (Lipinski definition) is 2. The Morgan fingerprint density at radius 1 is 1.02 bits per heavy atom. The fraction of sp³-hybridized carbons (Fsp3) is 0.297. The summed E-state index contributed by atoms with van der Waals surface area (Å²) in [6.45, 7) is 3.76. The van der Waals surface area contributed by atoms with Crippen molar-refractivity contribution in [2.45, 2.75) is 58.9 Å². The van der Waals surface area contributed by atoms with Gasteiger partial charge in [-0.05, 0) is 103 Å². The molecule has 5 aromatic rings. The number of likely N-dealkylation sites (tertiary alicyclic amines) is 1. The van der Waals surface area contributed by atoms with Crippen LogP contribution in [0.25, 0.3) is 44.8 Å². The first-order chi connectivity index (χ1) is 22.3. The summed E-state index contributed by atoms with van der Waals surface area (Å²) >= 11 is 0. The Labute approximate surface area is 265 Å². The molecule has 7 nitrogen and oxygen atoms in total. The maximum atomic E-state index is 13.4. The first-order valence-corrected chi connectivity index (χ1v) is 15.6. The molecular weight excluding hydrogens is 588 g/mol. The minimum absolute atomic E-state index is 0.0439. The number of carboxylic acids is 1. The number of ether oxygens (including phenoxy) is 1. The molecule has 0 spiro atoms. The second-order valence-electron chi connectivity index (χ2n) is 12.2. The lowest BCUT2D eigenvalue weighted by Gasteiger charge is -2.22. The number of rotatable bonds is 8. The zero-order valence-corrected chi connectivity index (χ0v) is 25.8. The number of benzene rings is 4. The lowest BCUT2D eigenvalue weighted by molar-refractivity contribution is -0.142. The predicted octanol–water partition coefficient (Wildman–Crippen LogP) is 7.74. The van der Waals surface area contributed by atoms with Gasteiger partial charge in [0.1, 0.15) is 17.3 Å². The van der Waals surface area contributed by atoms with E-state index in [1.165, 1.54) is 33.9 Å². The number of nitrogens with one attached hydrogen (secondary N) is 1. The SMILES string of the molecule is Cc1c(-c2ccc3c(c2)CCNC3)cccc1-c1cccc(-c2nc3cc(CN4CCC[C@H]4C(=O)O)c(OC(F)F)cc3o2)c1C. The molecule has 0 unspecified atom stereocenters. The summed E-state index contributed by atoms with van der Waals surface area (Å²) in [6, 6.07) is 21.6. The standard InChI is InChI=1S/C37H35F2N3O4/c1-21-27(24-11-12-25-19-40-14-13-23(25)16-24)6-3-7-28(21)29-8-4-9-30(22(29)2)35-41-31-17-26(20-42-15-5-10-32(42)36(43)44)33(46-37(38)39)18-34(31)45-35/h3-4,6-9,11-12,16-18,32,37,40H,5,10,13-15,19-20H2,1-2H3,(H,43,44)/t32-/m0/s1. The number of nitrogens with zero attached hydrogens (tertiary/aromatic N) is 2. The van der Waals surface area contributed by atoms with Gasteiger partial charge in [-0.3, -0.25) is 9.69 Å². The number of fused-ring (bicyclic) bond motifs is 2. The average molecular weight is 624 g/mol. The second-order valence-corrected chi connectivity index (χ2v) is 12.2. The Morgan fingerprint density at radius 2 is 1.76 bits per heavy atom. The fourth-order valence-corrected chi connectivity index (χ4v) is 7.00. The van der Waals surface area contributed by atoms with Gasteiger partial charge in [0.05, 0.1) is 0 Å². The van der Waals surface area contributed by atoms with Crippen LogP contribution >= 0.6 is 0 Å². The minimum atomic E-state index is -3.04. The van der Waals surface area contributed by atoms with E-state index in [0.717, 1.165) is 48.2 Å². The van der Waals surface area contributed by atoms with Crippen molar-refractivity contribution in [2.24, 2.45) is 0 Å². The molecule has 7 rings (SSSR count). The van der Waals surface area contributed by atoms with Crippen molar-refractivity contribution in [3.63, 3.8) is 0 Å². The van der Waals surface area contributed by atoms with Crippen LogP contribution in [0.5, 0.6) is 5.75 Å². The molecule has 0 amide bonds. The third-order valence-corrected chi connectivity index (χ3v) is 9.40. The molecule has 1 fully saturated rings. The van der Waals surface area contributed by atoms with E-state index in [2.05, 4.69) is 54.7 Å². The number of hydrogen-bond acceptors (Lipinski definition) is 6. The molecule has 0 radical (unpaired) electrons. The zero-order valence-electron chi connectivity index (χ0n) is 25.8. The minimum Gasteiger partial charge on any atom is -0.480 e. The quantitative estimate of drug-likeness (QED) is 0.183. The highest BCUT2D eigenvalue weighted by molar-refractivity contribution is 5.85. The van der Waals surface area contributed by atoms with Gasteiger partial charge in [-0.15, -0.1) is 0 Å². The molecule has 1 atom stereocenters. The van der Waals surface area contributed by atoms with Crippen LogP contribution in [0.15, 0.2) is 71.1 Å². The second kappa shape index (κ2) is 12.3. The number of carbonyl (C=O) groups is 1. The molecule has 2 aliphatic heterocycles. The molecule has 0 aliphatic carbocycles. The molecule has 0 bridgehead atoms. The fourth-order valence-electron chi connectivity index (χ4n) is 7.00. The lowest BCUT2D eigenvalue weighted by atomic mass is 9.88. The van der Waals surface area contributed by atoms with Crippen LogP contribution in [-0.4, -0.2) is 46.7 Å². The average Bonchev–Trinajstić information content (AvgIpc) is 3.68. The number of aromatic nitrogens is 1. The van der Waals surface area contributed by atoms with E-state index < -0.39 is 18.6 Å². The topological polar surface area (TPSA) is 87.8 Å². The largest absolute Gasteiger partial charge is 0.480 e. The summed E-state index contributed by atoms with van der Waals surface area (Å²) in [5, 5.41) is 13.1. The van der Waals surface area contributed by atoms with Crippen LogP contribution in [0, 0.1) is 13.8 Å². The van der Waals surface area contributed by atoms with Gasteiger partial charge < -0.3 is 19.6 Å². The van der Waals surface area contributed by atoms with Crippen LogP contribution in [0.1, 0.15) is 40.7 Å². The summed E-state index contributed by atoms with van der Waals surface area (Å²) in [5.41, 5.74) is 11.5. The number of aliphatic carboxylic acids is 1. The molecule has 46 heavy (non-hydrogen) atoms. The van der Waals surface area contributed by atoms with Gasteiger partial charge in [0.25, 0.3) is 0 Å². The number of halogens is 2. The Kier molecular flexibility index (Phi) is 8.04. The Morgan fingerprint density at radius 3 is 2.52 bits per heavy atom. The third kappa shape index (κ3) is 5.65. The van der Waals surface area contributed by atoms with E-state index in [9.17, 15) is 18.7 Å². The van der Waals surface area contributed by atoms with E-state index in [4.69, 9.17) is 14.1 Å². The van der Waals surface area contributed by atoms with Crippen molar-refractivity contribution in [1.29, 1.82) is 0 Å². The van der Waals surface area contributed by atoms with Gasteiger partial charge in [0.2, 0.25) is 5.89 Å². The van der Waals surface area contributed by atoms with Gasteiger partial charge >= 0.3 is 12.6 Å². The summed E-state index contributed by atoms with van der Waals surface area (Å²) in [7, 11) is 0. The van der Waals surface area contributed by atoms with Gasteiger partial charge in [0.15, 0.2) is 5.58 Å². The van der Waals surface area contributed by atoms with Crippen LogP contribution in [0.4, 0.5) is 8.78 Å². The highest BCUT2D eigenvalue weighted by atomic mass is 19.3. The first-order valence-electron chi connectivity index (χ1n) is 15.6. The maximum Gasteiger partial charge on any atom is 0.387 e. The van der Waals surface area contributed by atoms with E-state index >= 15 is 0 Å². The number of alkyl halides is 2. The molecule has 1 saturated heterocycles. The summed E-state index contributed by atoms with van der Waals surface area (Å²) in [4.78, 5) is 18.3. The summed E-state index contributed by atoms with van der Waals surface area (Å²) in [5.74, 6) is -0.594. The van der Waals surface area contributed by atoms with E-state index in [1.54, 1.807) is 11.0 Å². The van der Waals surface area contributed by atoms with E-state index in [-0.39, 0.29) is 12.3 Å². The highest BCUT2D eigenvalue weighted by Crippen LogP contribution is 2.39. The Bertz CT molecular complexity index is 1950. The molecule has 3 heterocycles. The third-order valence-electron chi connectivity index (χ3n) is 9.40. The van der Waals surface area contributed by atoms with Gasteiger partial charge in [0, 0.05) is 30.3 Å². The Hall–Kier alpha value is -4.60. The molecule has 9 heteroatoms. The van der Waals surface area contributed by atoms with E-state index in [1.807, 2.05) is 19.1 Å². The van der Waals surface area contributed by atoms with Crippen molar-refractivity contribution in [3.05, 3.63) is 94.5 Å². The molecule has 0 saturated carbocycles. The van der Waals surface area contributed by atoms with E-state index in [0.29, 0.717) is 35.5 Å². The zero-order chi connectivity index (χ0) is 31.9. The van der Waals surface area contributed by atoms with Crippen molar-refractivity contribution >= 4 is 17.1 Å². The lowest BCUT2D eigenvalue weighted by Crippen LogP contribution is -2.35. The van der Waals surface area contributed by atoms with Crippen LogP contribution in [-0.2, 0) is 24.3 Å². The number of oxazole rings is 1. The van der Waals surface area contributed by atoms with Crippen LogP contribution in [0.3, 0.4) is 0 Å². The van der Waals surface area contributed by atoms with Crippen LogP contribution in [0.2, 0.25) is 0 Å². The summed E-state index contributed by atoms with van der Waals surface area (Å²) in [6.07, 6.45) is 2.26. The molecular formula is C37H35F2N3O4. The van der Waals surface area contributed by atoms with Gasteiger partial charge in [-0.2, -0.15) is 8.78 Å². The van der Waals surface area contributed by atoms with Crippen LogP contribution < -0.4 is 10.1 Å². The summed E-state index contributed by atoms with van der Waals surface area (Å²) < 4.78 is 37.9. The smallest absolute Gasteiger partial charge is 0.387 e. The van der Waals surface area contributed by atoms with Crippen molar-refractivity contribution < 1.29 is 27.8 Å². The molecule has 4 aromatic carbocycles. The first kappa shape index (κ1) is 30.1. The predicted molar refractivity (Wildman–Crippen MR) is 173 cm³/mol. The highest BCUT2D eigenvalue weighted by Gasteiger charge is 2.31. The normalized spacial score (nSPS) is 16.7. The molecule has 2 aliphatic rings. The van der Waals surface area contributed by atoms with Crippen molar-refractivity contribution in [1.82, 2.24) is 15.2 Å². The Balaban J connectivity index is 1.25. The molecule has 236 valence electrons. The molecule has 1 aromatic heterocycles. The van der Waals surface area contributed by atoms with Gasteiger partial charge in [-0.1, -0.05) is 48.5 Å². The monoisotopic (exact) mass is 623 g/mol. The van der Waals surface area contributed by atoms with Crippen molar-refractivity contribution in [3.8, 4) is 39.5 Å².